The first-order valence-corrected chi connectivity index (χ1v) is 9.60. The summed E-state index contributed by atoms with van der Waals surface area (Å²) in [5.74, 6) is -0.0619. The van der Waals surface area contributed by atoms with E-state index in [-0.39, 0.29) is 6.61 Å². The van der Waals surface area contributed by atoms with E-state index in [9.17, 15) is 9.59 Å². The second kappa shape index (κ2) is 9.08. The van der Waals surface area contributed by atoms with Gasteiger partial charge in [-0.1, -0.05) is 48.5 Å². The number of benzodiazepines with no additional fused rings is 1. The Morgan fingerprint density at radius 2 is 1.87 bits per heavy atom. The number of nitrogens with one attached hydrogen (secondary N) is 2. The number of methoxy groups -OCH3 is 1. The SMILES string of the molecule is COc1cc(C2=N[C@H](NC(=O)OCc3ccccc3)C(=O)Nc3ccccc32)ccn1. The Bertz CT molecular complexity index is 1130. The minimum atomic E-state index is -1.18. The summed E-state index contributed by atoms with van der Waals surface area (Å²) in [4.78, 5) is 33.8. The number of anilines is 1. The maximum atomic E-state index is 12.8. The van der Waals surface area contributed by atoms with Crippen molar-refractivity contribution in [2.45, 2.75) is 12.8 Å². The summed E-state index contributed by atoms with van der Waals surface area (Å²) >= 11 is 0. The molecule has 0 fully saturated rings. The Morgan fingerprint density at radius 1 is 1.10 bits per heavy atom. The summed E-state index contributed by atoms with van der Waals surface area (Å²) in [6.07, 6.45) is -0.328. The standard InChI is InChI=1S/C23H20N4O4/c1-30-19-13-16(11-12-24-19)20-17-9-5-6-10-18(17)25-22(28)21(26-20)27-23(29)31-14-15-7-3-2-4-8-15/h2-13,21H,14H2,1H3,(H,25,28)(H,27,29)/t21-/m1/s1. The molecular formula is C23H20N4O4. The fourth-order valence-corrected chi connectivity index (χ4v) is 3.13. The smallest absolute Gasteiger partial charge is 0.409 e. The number of fused-ring (bicyclic) bond motifs is 1. The van der Waals surface area contributed by atoms with Crippen LogP contribution in [0.15, 0.2) is 77.9 Å². The average molecular weight is 416 g/mol. The molecule has 0 unspecified atom stereocenters. The molecule has 1 atom stereocenters. The highest BCUT2D eigenvalue weighted by Crippen LogP contribution is 2.24. The molecular weight excluding hydrogens is 396 g/mol. The molecule has 1 aliphatic rings. The van der Waals surface area contributed by atoms with E-state index >= 15 is 0 Å². The summed E-state index contributed by atoms with van der Waals surface area (Å²) in [7, 11) is 1.52. The number of rotatable bonds is 5. The van der Waals surface area contributed by atoms with E-state index in [2.05, 4.69) is 20.6 Å². The number of nitrogens with zero attached hydrogens (tertiary/aromatic N) is 2. The van der Waals surface area contributed by atoms with Crippen LogP contribution >= 0.6 is 0 Å². The molecule has 31 heavy (non-hydrogen) atoms. The summed E-state index contributed by atoms with van der Waals surface area (Å²) in [5, 5.41) is 5.34. The first kappa shape index (κ1) is 20.1. The van der Waals surface area contributed by atoms with E-state index in [1.54, 1.807) is 24.4 Å². The largest absolute Gasteiger partial charge is 0.481 e. The Morgan fingerprint density at radius 3 is 2.68 bits per heavy atom. The number of hydrogen-bond donors (Lipinski definition) is 2. The number of amides is 2. The Labute approximate surface area is 178 Å². The molecule has 4 rings (SSSR count). The van der Waals surface area contributed by atoms with E-state index in [0.717, 1.165) is 5.56 Å². The van der Waals surface area contributed by atoms with Gasteiger partial charge in [0, 0.05) is 23.4 Å². The van der Waals surface area contributed by atoms with E-state index in [4.69, 9.17) is 9.47 Å². The molecule has 0 radical (unpaired) electrons. The molecule has 0 saturated carbocycles. The van der Waals surface area contributed by atoms with Gasteiger partial charge in [0.1, 0.15) is 6.61 Å². The number of benzene rings is 2. The lowest BCUT2D eigenvalue weighted by Crippen LogP contribution is -2.42. The van der Waals surface area contributed by atoms with Crippen LogP contribution in [-0.2, 0) is 16.1 Å². The normalized spacial score (nSPS) is 15.1. The number of pyridine rings is 1. The van der Waals surface area contributed by atoms with Crippen LogP contribution in [0.4, 0.5) is 10.5 Å². The number of aromatic nitrogens is 1. The third kappa shape index (κ3) is 4.69. The van der Waals surface area contributed by atoms with Gasteiger partial charge >= 0.3 is 6.09 Å². The summed E-state index contributed by atoms with van der Waals surface area (Å²) in [6, 6.07) is 20.0. The molecule has 1 aromatic heterocycles. The van der Waals surface area contributed by atoms with Gasteiger partial charge in [-0.3, -0.25) is 10.1 Å². The summed E-state index contributed by atoms with van der Waals surface area (Å²) in [5.41, 5.74) is 3.35. The van der Waals surface area contributed by atoms with Gasteiger partial charge in [0.15, 0.2) is 0 Å². The van der Waals surface area contributed by atoms with Crippen LogP contribution in [-0.4, -0.2) is 36.0 Å². The predicted octanol–water partition coefficient (Wildman–Crippen LogP) is 3.13. The number of carbonyl (C=O) groups excluding carboxylic acids is 2. The molecule has 2 aromatic carbocycles. The third-order valence-corrected chi connectivity index (χ3v) is 4.63. The van der Waals surface area contributed by atoms with Gasteiger partial charge in [-0.25, -0.2) is 14.8 Å². The van der Waals surface area contributed by atoms with Crippen molar-refractivity contribution in [3.8, 4) is 5.88 Å². The lowest BCUT2D eigenvalue weighted by atomic mass is 10.0. The number of para-hydroxylation sites is 1. The minimum absolute atomic E-state index is 0.0827. The maximum absolute atomic E-state index is 12.8. The van der Waals surface area contributed by atoms with Crippen LogP contribution in [0.3, 0.4) is 0 Å². The van der Waals surface area contributed by atoms with Crippen molar-refractivity contribution in [2.75, 3.05) is 12.4 Å². The molecule has 0 bridgehead atoms. The third-order valence-electron chi connectivity index (χ3n) is 4.63. The zero-order chi connectivity index (χ0) is 21.6. The molecule has 0 aliphatic carbocycles. The monoisotopic (exact) mass is 416 g/mol. The summed E-state index contributed by atoms with van der Waals surface area (Å²) < 4.78 is 10.5. The maximum Gasteiger partial charge on any atom is 0.409 e. The topological polar surface area (TPSA) is 102 Å². The number of hydrogen-bond acceptors (Lipinski definition) is 6. The van der Waals surface area contributed by atoms with Crippen LogP contribution < -0.4 is 15.4 Å². The fraction of sp³-hybridized carbons (Fsp3) is 0.130. The highest BCUT2D eigenvalue weighted by molar-refractivity contribution is 6.19. The van der Waals surface area contributed by atoms with Crippen molar-refractivity contribution >= 4 is 23.4 Å². The molecule has 156 valence electrons. The van der Waals surface area contributed by atoms with Gasteiger partial charge in [0.2, 0.25) is 12.0 Å². The van der Waals surface area contributed by atoms with Crippen LogP contribution in [0.5, 0.6) is 5.88 Å². The molecule has 3 aromatic rings. The van der Waals surface area contributed by atoms with Crippen molar-refractivity contribution < 1.29 is 19.1 Å². The van der Waals surface area contributed by atoms with Crippen molar-refractivity contribution in [3.05, 3.63) is 89.6 Å². The molecule has 8 heteroatoms. The van der Waals surface area contributed by atoms with Crippen LogP contribution in [0.2, 0.25) is 0 Å². The van der Waals surface area contributed by atoms with Crippen molar-refractivity contribution in [1.82, 2.24) is 10.3 Å². The first-order valence-electron chi connectivity index (χ1n) is 9.60. The van der Waals surface area contributed by atoms with Crippen LogP contribution in [0.25, 0.3) is 0 Å². The molecule has 8 nitrogen and oxygen atoms in total. The number of aliphatic imine (C=N–C) groups is 1. The molecule has 1 aliphatic heterocycles. The van der Waals surface area contributed by atoms with E-state index in [1.165, 1.54) is 7.11 Å². The van der Waals surface area contributed by atoms with Gasteiger partial charge in [-0.05, 0) is 17.7 Å². The van der Waals surface area contributed by atoms with Crippen molar-refractivity contribution in [2.24, 2.45) is 4.99 Å². The second-order valence-corrected chi connectivity index (χ2v) is 6.71. The highest BCUT2D eigenvalue weighted by atomic mass is 16.5. The lowest BCUT2D eigenvalue weighted by molar-refractivity contribution is -0.117. The number of ether oxygens (including phenoxy) is 2. The van der Waals surface area contributed by atoms with Gasteiger partial charge in [0.05, 0.1) is 18.5 Å². The highest BCUT2D eigenvalue weighted by Gasteiger charge is 2.27. The van der Waals surface area contributed by atoms with E-state index in [0.29, 0.717) is 28.4 Å². The van der Waals surface area contributed by atoms with Gasteiger partial charge in [0.25, 0.3) is 5.91 Å². The van der Waals surface area contributed by atoms with E-state index < -0.39 is 18.2 Å². The lowest BCUT2D eigenvalue weighted by Gasteiger charge is -2.13. The van der Waals surface area contributed by atoms with E-state index in [1.807, 2.05) is 48.5 Å². The fourth-order valence-electron chi connectivity index (χ4n) is 3.13. The molecule has 2 amide bonds. The van der Waals surface area contributed by atoms with Crippen LogP contribution in [0, 0.1) is 0 Å². The van der Waals surface area contributed by atoms with Crippen molar-refractivity contribution in [3.63, 3.8) is 0 Å². The number of carbonyl (C=O) groups is 2. The Hall–Kier alpha value is -4.20. The minimum Gasteiger partial charge on any atom is -0.481 e. The predicted molar refractivity (Wildman–Crippen MR) is 115 cm³/mol. The number of alkyl carbamates (subject to hydrolysis) is 1. The van der Waals surface area contributed by atoms with Crippen molar-refractivity contribution in [1.29, 1.82) is 0 Å². The quantitative estimate of drug-likeness (QED) is 0.665. The Kier molecular flexibility index (Phi) is 5.89. The summed E-state index contributed by atoms with van der Waals surface area (Å²) in [6.45, 7) is 0.0827. The zero-order valence-corrected chi connectivity index (χ0v) is 16.7. The molecule has 2 heterocycles. The average Bonchev–Trinajstić information content (AvgIpc) is 2.95. The molecule has 0 saturated heterocycles. The first-order chi connectivity index (χ1) is 15.1. The molecule has 0 spiro atoms. The van der Waals surface area contributed by atoms with Gasteiger partial charge in [-0.15, -0.1) is 0 Å². The molecule has 2 N–H and O–H groups in total. The zero-order valence-electron chi connectivity index (χ0n) is 16.7. The van der Waals surface area contributed by atoms with Crippen LogP contribution in [0.1, 0.15) is 16.7 Å². The van der Waals surface area contributed by atoms with Gasteiger partial charge in [-0.2, -0.15) is 0 Å². The second-order valence-electron chi connectivity index (χ2n) is 6.71. The van der Waals surface area contributed by atoms with Gasteiger partial charge < -0.3 is 14.8 Å². The Balaban J connectivity index is 1.61.